The van der Waals surface area contributed by atoms with E-state index in [1.165, 1.54) is 11.3 Å². The number of aromatic nitrogens is 1. The van der Waals surface area contributed by atoms with Crippen molar-refractivity contribution >= 4 is 55.8 Å². The van der Waals surface area contributed by atoms with Gasteiger partial charge in [0.1, 0.15) is 0 Å². The summed E-state index contributed by atoms with van der Waals surface area (Å²) in [5.41, 5.74) is 1.36. The zero-order valence-corrected chi connectivity index (χ0v) is 16.2. The molecule has 1 saturated heterocycles. The predicted molar refractivity (Wildman–Crippen MR) is 107 cm³/mol. The molecule has 3 aromatic rings. The quantitative estimate of drug-likeness (QED) is 0.579. The molecule has 2 aromatic carbocycles. The molecular weight excluding hydrogens is 391 g/mol. The summed E-state index contributed by atoms with van der Waals surface area (Å²) >= 11 is 13.6. The lowest BCUT2D eigenvalue weighted by Gasteiger charge is -2.23. The molecule has 1 aliphatic heterocycles. The summed E-state index contributed by atoms with van der Waals surface area (Å²) in [4.78, 5) is 19.6. The minimum Gasteiger partial charge on any atom is -0.376 e. The number of fused-ring (bicyclic) bond motifs is 1. The van der Waals surface area contributed by atoms with Crippen molar-refractivity contribution in [3.8, 4) is 0 Å². The molecule has 1 amide bonds. The summed E-state index contributed by atoms with van der Waals surface area (Å²) in [6.07, 6.45) is 1.98. The third-order valence-electron chi connectivity index (χ3n) is 4.34. The number of benzene rings is 2. The van der Waals surface area contributed by atoms with Crippen molar-refractivity contribution in [2.45, 2.75) is 18.9 Å². The van der Waals surface area contributed by atoms with Crippen molar-refractivity contribution in [3.05, 3.63) is 58.1 Å². The van der Waals surface area contributed by atoms with E-state index in [1.807, 2.05) is 24.3 Å². The molecule has 1 aromatic heterocycles. The Kier molecular flexibility index (Phi) is 5.14. The molecule has 0 aliphatic carbocycles. The highest BCUT2D eigenvalue weighted by Crippen LogP contribution is 2.31. The van der Waals surface area contributed by atoms with Gasteiger partial charge in [0.2, 0.25) is 0 Å². The Labute approximate surface area is 165 Å². The topological polar surface area (TPSA) is 42.4 Å². The van der Waals surface area contributed by atoms with Gasteiger partial charge in [0, 0.05) is 12.2 Å². The van der Waals surface area contributed by atoms with Crippen LogP contribution < -0.4 is 4.90 Å². The van der Waals surface area contributed by atoms with Crippen LogP contribution in [0.1, 0.15) is 23.2 Å². The van der Waals surface area contributed by atoms with E-state index in [1.54, 1.807) is 23.1 Å². The highest BCUT2D eigenvalue weighted by atomic mass is 35.5. The fourth-order valence-corrected chi connectivity index (χ4v) is 4.27. The van der Waals surface area contributed by atoms with Gasteiger partial charge in [-0.05, 0) is 43.2 Å². The van der Waals surface area contributed by atoms with Gasteiger partial charge in [0.15, 0.2) is 5.13 Å². The lowest BCUT2D eigenvalue weighted by Crippen LogP contribution is -2.37. The Bertz CT molecular complexity index is 921. The number of carbonyl (C=O) groups is 1. The van der Waals surface area contributed by atoms with Gasteiger partial charge in [-0.1, -0.05) is 46.7 Å². The molecule has 1 atom stereocenters. The Hall–Kier alpha value is -1.66. The smallest absolute Gasteiger partial charge is 0.260 e. The largest absolute Gasteiger partial charge is 0.376 e. The Balaban J connectivity index is 1.71. The number of thiazole rings is 1. The van der Waals surface area contributed by atoms with Crippen molar-refractivity contribution < 1.29 is 9.53 Å². The Morgan fingerprint density at radius 2 is 2.08 bits per heavy atom. The average molecular weight is 407 g/mol. The molecule has 0 radical (unpaired) electrons. The number of nitrogens with zero attached hydrogens (tertiary/aromatic N) is 2. The summed E-state index contributed by atoms with van der Waals surface area (Å²) in [5.74, 6) is -0.155. The van der Waals surface area contributed by atoms with Crippen LogP contribution in [0.4, 0.5) is 5.13 Å². The molecule has 7 heteroatoms. The molecule has 0 saturated carbocycles. The zero-order chi connectivity index (χ0) is 18.1. The van der Waals surface area contributed by atoms with E-state index in [0.29, 0.717) is 27.3 Å². The van der Waals surface area contributed by atoms with Gasteiger partial charge in [-0.15, -0.1) is 0 Å². The molecule has 1 aliphatic rings. The standard InChI is InChI=1S/C19H16Cl2N2O2S/c20-14-8-7-12(10-15(14)21)18(24)23(11-13-4-3-9-25-13)19-22-16-5-1-2-6-17(16)26-19/h1-2,5-8,10,13H,3-4,9,11H2/t13-/m1/s1. The van der Waals surface area contributed by atoms with Crippen LogP contribution in [0.15, 0.2) is 42.5 Å². The van der Waals surface area contributed by atoms with E-state index in [2.05, 4.69) is 4.98 Å². The zero-order valence-electron chi connectivity index (χ0n) is 13.8. The van der Waals surface area contributed by atoms with Crippen molar-refractivity contribution in [2.24, 2.45) is 0 Å². The summed E-state index contributed by atoms with van der Waals surface area (Å²) in [6, 6.07) is 12.8. The molecule has 26 heavy (non-hydrogen) atoms. The maximum atomic E-state index is 13.2. The molecule has 0 unspecified atom stereocenters. The first-order chi connectivity index (χ1) is 12.6. The molecule has 134 valence electrons. The van der Waals surface area contributed by atoms with Gasteiger partial charge in [-0.25, -0.2) is 4.98 Å². The van der Waals surface area contributed by atoms with Crippen molar-refractivity contribution in [2.75, 3.05) is 18.1 Å². The summed E-state index contributed by atoms with van der Waals surface area (Å²) < 4.78 is 6.79. The molecule has 4 nitrogen and oxygen atoms in total. The van der Waals surface area contributed by atoms with Crippen molar-refractivity contribution in [1.29, 1.82) is 0 Å². The molecular formula is C19H16Cl2N2O2S. The summed E-state index contributed by atoms with van der Waals surface area (Å²) in [6.45, 7) is 1.21. The molecule has 0 N–H and O–H groups in total. The van der Waals surface area contributed by atoms with Gasteiger partial charge in [-0.2, -0.15) is 0 Å². The van der Waals surface area contributed by atoms with E-state index in [0.717, 1.165) is 29.7 Å². The number of halogens is 2. The lowest BCUT2D eigenvalue weighted by atomic mass is 10.1. The van der Waals surface area contributed by atoms with E-state index >= 15 is 0 Å². The fourth-order valence-electron chi connectivity index (χ4n) is 3.00. The third-order valence-corrected chi connectivity index (χ3v) is 6.13. The van der Waals surface area contributed by atoms with Gasteiger partial charge in [0.25, 0.3) is 5.91 Å². The highest BCUT2D eigenvalue weighted by Gasteiger charge is 2.27. The average Bonchev–Trinajstić information content (AvgIpc) is 3.30. The second kappa shape index (κ2) is 7.53. The molecule has 0 spiro atoms. The Morgan fingerprint density at radius 3 is 2.81 bits per heavy atom. The van der Waals surface area contributed by atoms with Crippen LogP contribution in [0, 0.1) is 0 Å². The van der Waals surface area contributed by atoms with Crippen LogP contribution in [0.3, 0.4) is 0 Å². The maximum absolute atomic E-state index is 13.2. The van der Waals surface area contributed by atoms with Crippen LogP contribution >= 0.6 is 34.5 Å². The predicted octanol–water partition coefficient (Wildman–Crippen LogP) is 5.43. The van der Waals surface area contributed by atoms with E-state index in [4.69, 9.17) is 27.9 Å². The van der Waals surface area contributed by atoms with Crippen molar-refractivity contribution in [1.82, 2.24) is 4.98 Å². The van der Waals surface area contributed by atoms with Crippen LogP contribution in [0.2, 0.25) is 10.0 Å². The maximum Gasteiger partial charge on any atom is 0.260 e. The lowest BCUT2D eigenvalue weighted by molar-refractivity contribution is 0.0917. The molecule has 1 fully saturated rings. The van der Waals surface area contributed by atoms with Gasteiger partial charge >= 0.3 is 0 Å². The van der Waals surface area contributed by atoms with Crippen LogP contribution in [-0.2, 0) is 4.74 Å². The Morgan fingerprint density at radius 1 is 1.23 bits per heavy atom. The fraction of sp³-hybridized carbons (Fsp3) is 0.263. The minimum absolute atomic E-state index is 0.0220. The van der Waals surface area contributed by atoms with Crippen LogP contribution in [0.5, 0.6) is 0 Å². The number of rotatable bonds is 4. The number of carbonyl (C=O) groups excluding carboxylic acids is 1. The summed E-state index contributed by atoms with van der Waals surface area (Å²) in [7, 11) is 0. The first-order valence-corrected chi connectivity index (χ1v) is 9.93. The van der Waals surface area contributed by atoms with Crippen LogP contribution in [-0.4, -0.2) is 30.1 Å². The number of amides is 1. The minimum atomic E-state index is -0.155. The first kappa shape index (κ1) is 17.7. The second-order valence-electron chi connectivity index (χ2n) is 6.14. The second-order valence-corrected chi connectivity index (χ2v) is 7.97. The van der Waals surface area contributed by atoms with Gasteiger partial charge in [-0.3, -0.25) is 9.69 Å². The molecule has 4 rings (SSSR count). The number of ether oxygens (including phenoxy) is 1. The first-order valence-electron chi connectivity index (χ1n) is 8.36. The number of para-hydroxylation sites is 1. The number of hydrogen-bond acceptors (Lipinski definition) is 4. The van der Waals surface area contributed by atoms with E-state index in [-0.39, 0.29) is 12.0 Å². The monoisotopic (exact) mass is 406 g/mol. The van der Waals surface area contributed by atoms with Crippen molar-refractivity contribution in [3.63, 3.8) is 0 Å². The molecule has 2 heterocycles. The van der Waals surface area contributed by atoms with Gasteiger partial charge in [0.05, 0.1) is 32.9 Å². The normalized spacial score (nSPS) is 16.9. The highest BCUT2D eigenvalue weighted by molar-refractivity contribution is 7.22. The molecule has 0 bridgehead atoms. The number of anilines is 1. The van der Waals surface area contributed by atoms with E-state index in [9.17, 15) is 4.79 Å². The van der Waals surface area contributed by atoms with Gasteiger partial charge < -0.3 is 4.74 Å². The van der Waals surface area contributed by atoms with E-state index < -0.39 is 0 Å². The third kappa shape index (κ3) is 3.58. The summed E-state index contributed by atoms with van der Waals surface area (Å²) in [5, 5.41) is 1.45. The SMILES string of the molecule is O=C(c1ccc(Cl)c(Cl)c1)N(C[C@H]1CCCO1)c1nc2ccccc2s1. The van der Waals surface area contributed by atoms with Crippen LogP contribution in [0.25, 0.3) is 10.2 Å². The number of hydrogen-bond donors (Lipinski definition) is 0.